The molecule has 0 amide bonds. The molecule has 58 valence electrons. The normalized spacial score (nSPS) is 9.55. The highest BCUT2D eigenvalue weighted by Gasteiger charge is 2.02. The second kappa shape index (κ2) is 3.34. The standard InChI is InChI=1S/C6H7N3OS/c1-11-5-4(3-10)2-8-6(7)9-5/h2-3H,1H3,(H2,7,8,9). The average molecular weight is 169 g/mol. The molecule has 0 radical (unpaired) electrons. The first kappa shape index (κ1) is 8.00. The van der Waals surface area contributed by atoms with Crippen LogP contribution >= 0.6 is 11.8 Å². The summed E-state index contributed by atoms with van der Waals surface area (Å²) in [6.45, 7) is 0. The number of anilines is 1. The summed E-state index contributed by atoms with van der Waals surface area (Å²) in [5.41, 5.74) is 5.78. The Balaban J connectivity index is 3.16. The Hall–Kier alpha value is -1.10. The highest BCUT2D eigenvalue weighted by Crippen LogP contribution is 2.15. The maximum Gasteiger partial charge on any atom is 0.221 e. The maximum atomic E-state index is 10.4. The fourth-order valence-electron chi connectivity index (χ4n) is 0.633. The molecule has 5 heteroatoms. The van der Waals surface area contributed by atoms with Crippen molar-refractivity contribution in [3.05, 3.63) is 11.8 Å². The van der Waals surface area contributed by atoms with E-state index in [1.165, 1.54) is 18.0 Å². The molecule has 0 aliphatic carbocycles. The summed E-state index contributed by atoms with van der Waals surface area (Å²) < 4.78 is 0. The van der Waals surface area contributed by atoms with E-state index >= 15 is 0 Å². The number of hydrogen-bond acceptors (Lipinski definition) is 5. The first-order valence-electron chi connectivity index (χ1n) is 2.89. The van der Waals surface area contributed by atoms with Gasteiger partial charge in [0, 0.05) is 6.20 Å². The fourth-order valence-corrected chi connectivity index (χ4v) is 1.15. The number of aldehydes is 1. The molecule has 0 atom stereocenters. The molecule has 0 fully saturated rings. The summed E-state index contributed by atoms with van der Waals surface area (Å²) in [6.07, 6.45) is 3.96. The van der Waals surface area contributed by atoms with Gasteiger partial charge in [-0.15, -0.1) is 11.8 Å². The number of nitrogens with zero attached hydrogens (tertiary/aromatic N) is 2. The molecule has 0 bridgehead atoms. The largest absolute Gasteiger partial charge is 0.368 e. The quantitative estimate of drug-likeness (QED) is 0.398. The van der Waals surface area contributed by atoms with E-state index in [2.05, 4.69) is 9.97 Å². The van der Waals surface area contributed by atoms with Gasteiger partial charge in [-0.3, -0.25) is 4.79 Å². The molecular formula is C6H7N3OS. The van der Waals surface area contributed by atoms with E-state index in [-0.39, 0.29) is 5.95 Å². The predicted molar refractivity (Wildman–Crippen MR) is 43.6 cm³/mol. The monoisotopic (exact) mass is 169 g/mol. The molecule has 0 saturated carbocycles. The summed E-state index contributed by atoms with van der Waals surface area (Å²) in [5, 5.41) is 0.618. The van der Waals surface area contributed by atoms with Gasteiger partial charge in [-0.25, -0.2) is 9.97 Å². The van der Waals surface area contributed by atoms with Crippen LogP contribution in [0, 0.1) is 0 Å². The van der Waals surface area contributed by atoms with Crippen molar-refractivity contribution < 1.29 is 4.79 Å². The second-order valence-corrected chi connectivity index (χ2v) is 2.61. The number of carbonyl (C=O) groups excluding carboxylic acids is 1. The van der Waals surface area contributed by atoms with Gasteiger partial charge >= 0.3 is 0 Å². The smallest absolute Gasteiger partial charge is 0.221 e. The maximum absolute atomic E-state index is 10.4. The van der Waals surface area contributed by atoms with E-state index in [1.807, 2.05) is 6.26 Å². The van der Waals surface area contributed by atoms with Gasteiger partial charge in [-0.2, -0.15) is 0 Å². The lowest BCUT2D eigenvalue weighted by atomic mass is 10.4. The summed E-state index contributed by atoms with van der Waals surface area (Å²) in [5.74, 6) is 0.194. The van der Waals surface area contributed by atoms with E-state index < -0.39 is 0 Å². The zero-order valence-corrected chi connectivity index (χ0v) is 6.76. The molecule has 0 aromatic carbocycles. The lowest BCUT2D eigenvalue weighted by molar-refractivity contribution is 0.112. The molecule has 11 heavy (non-hydrogen) atoms. The second-order valence-electron chi connectivity index (χ2n) is 1.81. The van der Waals surface area contributed by atoms with E-state index in [9.17, 15) is 4.79 Å². The zero-order chi connectivity index (χ0) is 8.27. The molecule has 4 nitrogen and oxygen atoms in total. The Morgan fingerprint density at radius 3 is 3.00 bits per heavy atom. The van der Waals surface area contributed by atoms with Crippen molar-refractivity contribution in [1.82, 2.24) is 9.97 Å². The van der Waals surface area contributed by atoms with Gasteiger partial charge in [0.1, 0.15) is 5.03 Å². The molecule has 0 unspecified atom stereocenters. The summed E-state index contributed by atoms with van der Waals surface area (Å²) in [7, 11) is 0. The molecule has 1 aromatic heterocycles. The van der Waals surface area contributed by atoms with Crippen LogP contribution in [0.1, 0.15) is 10.4 Å². The molecule has 0 saturated heterocycles. The van der Waals surface area contributed by atoms with Crippen LogP contribution in [0.15, 0.2) is 11.2 Å². The van der Waals surface area contributed by atoms with Gasteiger partial charge in [0.05, 0.1) is 5.56 Å². The van der Waals surface area contributed by atoms with Crippen molar-refractivity contribution in [2.75, 3.05) is 12.0 Å². The Bertz CT molecular complexity index is 277. The molecule has 1 rings (SSSR count). The van der Waals surface area contributed by atoms with Crippen LogP contribution < -0.4 is 5.73 Å². The number of aromatic nitrogens is 2. The highest BCUT2D eigenvalue weighted by atomic mass is 32.2. The predicted octanol–water partition coefficient (Wildman–Crippen LogP) is 0.593. The third kappa shape index (κ3) is 1.68. The Morgan fingerprint density at radius 1 is 1.73 bits per heavy atom. The third-order valence-corrected chi connectivity index (χ3v) is 1.83. The summed E-state index contributed by atoms with van der Waals surface area (Å²) >= 11 is 1.37. The number of thioether (sulfide) groups is 1. The van der Waals surface area contributed by atoms with Crippen molar-refractivity contribution in [3.63, 3.8) is 0 Å². The fraction of sp³-hybridized carbons (Fsp3) is 0.167. The SMILES string of the molecule is CSc1nc(N)ncc1C=O. The average Bonchev–Trinajstić information content (AvgIpc) is 2.04. The van der Waals surface area contributed by atoms with Crippen molar-refractivity contribution in [2.24, 2.45) is 0 Å². The van der Waals surface area contributed by atoms with Crippen molar-refractivity contribution >= 4 is 24.0 Å². The van der Waals surface area contributed by atoms with Crippen LogP contribution in [-0.4, -0.2) is 22.5 Å². The van der Waals surface area contributed by atoms with Gasteiger partial charge in [-0.1, -0.05) is 0 Å². The van der Waals surface area contributed by atoms with Crippen molar-refractivity contribution in [2.45, 2.75) is 5.03 Å². The van der Waals surface area contributed by atoms with Crippen LogP contribution in [0.25, 0.3) is 0 Å². The number of nitrogen functional groups attached to an aromatic ring is 1. The Kier molecular flexibility index (Phi) is 2.43. The van der Waals surface area contributed by atoms with E-state index in [0.29, 0.717) is 16.9 Å². The van der Waals surface area contributed by atoms with Crippen molar-refractivity contribution in [1.29, 1.82) is 0 Å². The van der Waals surface area contributed by atoms with Crippen LogP contribution in [-0.2, 0) is 0 Å². The Labute approximate surface area is 68.2 Å². The lowest BCUT2D eigenvalue weighted by Gasteiger charge is -1.98. The minimum absolute atomic E-state index is 0.194. The van der Waals surface area contributed by atoms with Crippen LogP contribution in [0.4, 0.5) is 5.95 Å². The molecule has 0 spiro atoms. The first-order chi connectivity index (χ1) is 5.27. The molecule has 2 N–H and O–H groups in total. The Morgan fingerprint density at radius 2 is 2.45 bits per heavy atom. The van der Waals surface area contributed by atoms with Crippen LogP contribution in [0.5, 0.6) is 0 Å². The summed E-state index contributed by atoms with van der Waals surface area (Å²) in [4.78, 5) is 17.9. The molecule has 0 aliphatic heterocycles. The van der Waals surface area contributed by atoms with Crippen LogP contribution in [0.3, 0.4) is 0 Å². The van der Waals surface area contributed by atoms with Gasteiger partial charge in [0.15, 0.2) is 6.29 Å². The number of carbonyl (C=O) groups is 1. The van der Waals surface area contributed by atoms with Gasteiger partial charge in [0.25, 0.3) is 0 Å². The van der Waals surface area contributed by atoms with Gasteiger partial charge < -0.3 is 5.73 Å². The molecule has 1 aromatic rings. The first-order valence-corrected chi connectivity index (χ1v) is 4.12. The zero-order valence-electron chi connectivity index (χ0n) is 5.94. The number of hydrogen-bond donors (Lipinski definition) is 1. The topological polar surface area (TPSA) is 68.9 Å². The molecule has 0 aliphatic rings. The third-order valence-electron chi connectivity index (χ3n) is 1.12. The molecule has 1 heterocycles. The number of rotatable bonds is 2. The summed E-state index contributed by atoms with van der Waals surface area (Å²) in [6, 6.07) is 0. The van der Waals surface area contributed by atoms with Gasteiger partial charge in [0.2, 0.25) is 5.95 Å². The lowest BCUT2D eigenvalue weighted by Crippen LogP contribution is -1.98. The van der Waals surface area contributed by atoms with E-state index in [0.717, 1.165) is 0 Å². The van der Waals surface area contributed by atoms with Crippen LogP contribution in [0.2, 0.25) is 0 Å². The molecular weight excluding hydrogens is 162 g/mol. The minimum atomic E-state index is 0.194. The van der Waals surface area contributed by atoms with Gasteiger partial charge in [-0.05, 0) is 6.26 Å². The number of nitrogens with two attached hydrogens (primary N) is 1. The van der Waals surface area contributed by atoms with E-state index in [1.54, 1.807) is 0 Å². The van der Waals surface area contributed by atoms with E-state index in [4.69, 9.17) is 5.73 Å². The van der Waals surface area contributed by atoms with Crippen molar-refractivity contribution in [3.8, 4) is 0 Å². The highest BCUT2D eigenvalue weighted by molar-refractivity contribution is 7.98. The minimum Gasteiger partial charge on any atom is -0.368 e.